The second-order valence-corrected chi connectivity index (χ2v) is 8.20. The number of hydrogen-bond donors (Lipinski definition) is 2. The average Bonchev–Trinajstić information content (AvgIpc) is 2.84. The van der Waals surface area contributed by atoms with Gasteiger partial charge >= 0.3 is 5.97 Å². The predicted octanol–water partition coefficient (Wildman–Crippen LogP) is 5.87. The Morgan fingerprint density at radius 2 is 1.68 bits per heavy atom. The first-order valence-electron chi connectivity index (χ1n) is 11.1. The molecule has 0 aliphatic carbocycles. The van der Waals surface area contributed by atoms with Gasteiger partial charge in [0.25, 0.3) is 5.91 Å². The van der Waals surface area contributed by atoms with Gasteiger partial charge in [-0.2, -0.15) is 0 Å². The van der Waals surface area contributed by atoms with E-state index in [-0.39, 0.29) is 11.5 Å². The van der Waals surface area contributed by atoms with Gasteiger partial charge in [-0.1, -0.05) is 55.3 Å². The van der Waals surface area contributed by atoms with Crippen LogP contribution in [0, 0.1) is 0 Å². The van der Waals surface area contributed by atoms with Gasteiger partial charge in [-0.05, 0) is 59.9 Å². The highest BCUT2D eigenvalue weighted by atomic mass is 35.5. The second-order valence-electron chi connectivity index (χ2n) is 7.77. The molecule has 0 aromatic heterocycles. The summed E-state index contributed by atoms with van der Waals surface area (Å²) in [6.45, 7) is 3.09. The number of carbonyl (C=O) groups excluding carboxylic acids is 1. The highest BCUT2D eigenvalue weighted by Gasteiger charge is 2.14. The normalized spacial score (nSPS) is 10.6. The maximum absolute atomic E-state index is 12.7. The average molecular weight is 482 g/mol. The van der Waals surface area contributed by atoms with Crippen LogP contribution in [0.15, 0.2) is 60.7 Å². The van der Waals surface area contributed by atoms with Crippen LogP contribution in [-0.4, -0.2) is 37.2 Å². The number of carboxylic acids is 1. The van der Waals surface area contributed by atoms with Crippen LogP contribution >= 0.6 is 11.6 Å². The summed E-state index contributed by atoms with van der Waals surface area (Å²) in [5.41, 5.74) is 3.41. The van der Waals surface area contributed by atoms with Crippen LogP contribution in [-0.2, 0) is 6.42 Å². The molecule has 0 unspecified atom stereocenters. The molecule has 6 nitrogen and oxygen atoms in total. The molecule has 34 heavy (non-hydrogen) atoms. The highest BCUT2D eigenvalue weighted by Crippen LogP contribution is 2.28. The number of carboxylic acid groups (broad SMARTS) is 1. The Labute approximate surface area is 204 Å². The molecular weight excluding hydrogens is 454 g/mol. The van der Waals surface area contributed by atoms with Crippen molar-refractivity contribution in [3.63, 3.8) is 0 Å². The van der Waals surface area contributed by atoms with Crippen LogP contribution < -0.4 is 14.8 Å². The van der Waals surface area contributed by atoms with Crippen LogP contribution in [0.4, 0.5) is 0 Å². The van der Waals surface area contributed by atoms with Crippen LogP contribution in [0.25, 0.3) is 11.1 Å². The van der Waals surface area contributed by atoms with Crippen molar-refractivity contribution in [3.05, 3.63) is 82.4 Å². The summed E-state index contributed by atoms with van der Waals surface area (Å²) in [6, 6.07) is 18.0. The van der Waals surface area contributed by atoms with E-state index in [9.17, 15) is 14.7 Å². The van der Waals surface area contributed by atoms with Crippen molar-refractivity contribution in [2.45, 2.75) is 26.2 Å². The summed E-state index contributed by atoms with van der Waals surface area (Å²) in [7, 11) is 1.45. The number of hydrogen-bond acceptors (Lipinski definition) is 4. The molecule has 0 atom stereocenters. The third kappa shape index (κ3) is 6.51. The largest absolute Gasteiger partial charge is 0.496 e. The van der Waals surface area contributed by atoms with Crippen LogP contribution in [0.1, 0.15) is 46.0 Å². The first-order valence-corrected chi connectivity index (χ1v) is 11.5. The lowest BCUT2D eigenvalue weighted by Gasteiger charge is -2.12. The van der Waals surface area contributed by atoms with Crippen molar-refractivity contribution in [1.29, 1.82) is 0 Å². The van der Waals surface area contributed by atoms with E-state index in [1.165, 1.54) is 13.2 Å². The third-order valence-electron chi connectivity index (χ3n) is 5.36. The number of benzene rings is 3. The third-order valence-corrected chi connectivity index (χ3v) is 5.60. The van der Waals surface area contributed by atoms with E-state index in [0.29, 0.717) is 41.7 Å². The fourth-order valence-electron chi connectivity index (χ4n) is 3.46. The fraction of sp³-hybridized carbons (Fsp3) is 0.259. The van der Waals surface area contributed by atoms with E-state index in [1.807, 2.05) is 24.3 Å². The molecule has 0 bridgehead atoms. The standard InChI is InChI=1S/C27H28ClNO5/c1-3-4-15-34-24-12-10-21(28)17-23(24)26(30)29-14-13-18-5-7-19(8-6-18)20-9-11-22(27(31)32)25(16-20)33-2/h5-12,16-17H,3-4,13-15H2,1-2H3,(H,29,30)(H,31,32). The van der Waals surface area contributed by atoms with Crippen molar-refractivity contribution >= 4 is 23.5 Å². The zero-order valence-corrected chi connectivity index (χ0v) is 20.0. The van der Waals surface area contributed by atoms with Crippen molar-refractivity contribution in [3.8, 4) is 22.6 Å². The first-order chi connectivity index (χ1) is 16.4. The van der Waals surface area contributed by atoms with Crippen molar-refractivity contribution in [1.82, 2.24) is 5.32 Å². The molecule has 0 radical (unpaired) electrons. The second kappa shape index (κ2) is 12.1. The number of amides is 1. The number of unbranched alkanes of at least 4 members (excludes halogenated alkanes) is 1. The van der Waals surface area contributed by atoms with Gasteiger partial charge in [-0.25, -0.2) is 4.79 Å². The van der Waals surface area contributed by atoms with Gasteiger partial charge < -0.3 is 19.9 Å². The summed E-state index contributed by atoms with van der Waals surface area (Å²) >= 11 is 6.09. The number of carbonyl (C=O) groups is 2. The zero-order chi connectivity index (χ0) is 24.5. The van der Waals surface area contributed by atoms with Crippen molar-refractivity contribution < 1.29 is 24.2 Å². The highest BCUT2D eigenvalue weighted by molar-refractivity contribution is 6.31. The minimum absolute atomic E-state index is 0.122. The van der Waals surface area contributed by atoms with E-state index in [2.05, 4.69) is 12.2 Å². The van der Waals surface area contributed by atoms with Gasteiger partial charge in [-0.15, -0.1) is 0 Å². The maximum Gasteiger partial charge on any atom is 0.339 e. The van der Waals surface area contributed by atoms with Crippen LogP contribution in [0.5, 0.6) is 11.5 Å². The molecular formula is C27H28ClNO5. The number of ether oxygens (including phenoxy) is 2. The minimum Gasteiger partial charge on any atom is -0.496 e. The Bertz CT molecular complexity index is 1140. The molecule has 3 aromatic rings. The molecule has 1 amide bonds. The van der Waals surface area contributed by atoms with Crippen LogP contribution in [0.2, 0.25) is 5.02 Å². The van der Waals surface area contributed by atoms with E-state index in [0.717, 1.165) is 29.5 Å². The minimum atomic E-state index is -1.03. The van der Waals surface area contributed by atoms with Gasteiger partial charge in [0.05, 0.1) is 19.3 Å². The fourth-order valence-corrected chi connectivity index (χ4v) is 3.63. The molecule has 2 N–H and O–H groups in total. The van der Waals surface area contributed by atoms with E-state index in [4.69, 9.17) is 21.1 Å². The molecule has 7 heteroatoms. The summed E-state index contributed by atoms with van der Waals surface area (Å²) in [5.74, 6) is -0.408. The molecule has 3 aromatic carbocycles. The first kappa shape index (κ1) is 25.1. The zero-order valence-electron chi connectivity index (χ0n) is 19.3. The summed E-state index contributed by atoms with van der Waals surface area (Å²) in [6.07, 6.45) is 2.57. The topological polar surface area (TPSA) is 84.9 Å². The number of halogens is 1. The van der Waals surface area contributed by atoms with E-state index in [1.54, 1.807) is 30.3 Å². The number of rotatable bonds is 11. The van der Waals surface area contributed by atoms with Gasteiger partial charge in [0, 0.05) is 11.6 Å². The van der Waals surface area contributed by atoms with Crippen molar-refractivity contribution in [2.24, 2.45) is 0 Å². The summed E-state index contributed by atoms with van der Waals surface area (Å²) in [5, 5.41) is 12.7. The van der Waals surface area contributed by atoms with Gasteiger partial charge in [0.1, 0.15) is 17.1 Å². The molecule has 0 aliphatic heterocycles. The van der Waals surface area contributed by atoms with E-state index < -0.39 is 5.97 Å². The monoisotopic (exact) mass is 481 g/mol. The van der Waals surface area contributed by atoms with Crippen molar-refractivity contribution in [2.75, 3.05) is 20.3 Å². The Balaban J connectivity index is 1.61. The summed E-state index contributed by atoms with van der Waals surface area (Å²) in [4.78, 5) is 24.0. The predicted molar refractivity (Wildman–Crippen MR) is 133 cm³/mol. The Hall–Kier alpha value is -3.51. The molecule has 0 saturated heterocycles. The lowest BCUT2D eigenvalue weighted by molar-refractivity contribution is 0.0693. The molecule has 178 valence electrons. The maximum atomic E-state index is 12.7. The lowest BCUT2D eigenvalue weighted by Crippen LogP contribution is -2.26. The molecule has 0 saturated carbocycles. The molecule has 0 fully saturated rings. The molecule has 0 heterocycles. The number of nitrogens with one attached hydrogen (secondary N) is 1. The van der Waals surface area contributed by atoms with E-state index >= 15 is 0 Å². The molecule has 3 rings (SSSR count). The SMILES string of the molecule is CCCCOc1ccc(Cl)cc1C(=O)NCCc1ccc(-c2ccc(C(=O)O)c(OC)c2)cc1. The number of aromatic carboxylic acids is 1. The van der Waals surface area contributed by atoms with Gasteiger partial charge in [0.2, 0.25) is 0 Å². The summed E-state index contributed by atoms with van der Waals surface area (Å²) < 4.78 is 11.0. The van der Waals surface area contributed by atoms with Crippen LogP contribution in [0.3, 0.4) is 0 Å². The Morgan fingerprint density at radius 3 is 2.35 bits per heavy atom. The van der Waals surface area contributed by atoms with Gasteiger partial charge in [-0.3, -0.25) is 4.79 Å². The quantitative estimate of drug-likeness (QED) is 0.335. The Kier molecular flexibility index (Phi) is 8.93. The number of methoxy groups -OCH3 is 1. The lowest BCUT2D eigenvalue weighted by atomic mass is 10.0. The van der Waals surface area contributed by atoms with Gasteiger partial charge in [0.15, 0.2) is 0 Å². The molecule has 0 spiro atoms. The Morgan fingerprint density at radius 1 is 0.941 bits per heavy atom. The molecule has 0 aliphatic rings. The smallest absolute Gasteiger partial charge is 0.339 e.